The number of rotatable bonds is 1. The number of hydrogen-bond acceptors (Lipinski definition) is 4. The summed E-state index contributed by atoms with van der Waals surface area (Å²) in [6.07, 6.45) is 2.69. The first kappa shape index (κ1) is 16.4. The number of hydrogen-bond donors (Lipinski definition) is 3. The van der Waals surface area contributed by atoms with E-state index in [9.17, 15) is 9.90 Å². The molecule has 0 spiro atoms. The molecule has 4 nitrogen and oxygen atoms in total. The first-order valence-electron chi connectivity index (χ1n) is 7.84. The highest BCUT2D eigenvalue weighted by Gasteiger charge is 2.34. The number of aromatic hydroxyl groups is 1. The Balaban J connectivity index is 1.74. The number of halogens is 2. The molecule has 1 aromatic heterocycles. The number of carbonyl (C=O) groups excluding carboxylic acids is 1. The maximum Gasteiger partial charge on any atom is 0.256 e. The van der Waals surface area contributed by atoms with Gasteiger partial charge in [0, 0.05) is 14.9 Å². The van der Waals surface area contributed by atoms with E-state index in [2.05, 4.69) is 49.4 Å². The Morgan fingerprint density at radius 2 is 2.08 bits per heavy atom. The van der Waals surface area contributed by atoms with Gasteiger partial charge < -0.3 is 15.7 Å². The molecule has 0 bridgehead atoms. The zero-order valence-corrected chi connectivity index (χ0v) is 16.9. The third kappa shape index (κ3) is 2.66. The minimum atomic E-state index is -0.448. The summed E-state index contributed by atoms with van der Waals surface area (Å²) in [6.45, 7) is 2.26. The summed E-state index contributed by atoms with van der Waals surface area (Å²) < 4.78 is 1.43. The number of anilines is 1. The summed E-state index contributed by atoms with van der Waals surface area (Å²) in [5.41, 5.74) is 2.64. The highest BCUT2D eigenvalue weighted by Crippen LogP contribution is 2.44. The van der Waals surface area contributed by atoms with Gasteiger partial charge in [0.1, 0.15) is 16.9 Å². The average Bonchev–Trinajstić information content (AvgIpc) is 2.88. The van der Waals surface area contributed by atoms with Crippen LogP contribution >= 0.6 is 43.2 Å². The predicted molar refractivity (Wildman–Crippen MR) is 103 cm³/mol. The van der Waals surface area contributed by atoms with Crippen LogP contribution in [0.2, 0.25) is 0 Å². The van der Waals surface area contributed by atoms with Gasteiger partial charge in [0.15, 0.2) is 0 Å². The molecule has 1 aromatic carbocycles. The molecule has 7 heteroatoms. The Hall–Kier alpha value is -1.05. The van der Waals surface area contributed by atoms with Gasteiger partial charge in [0.25, 0.3) is 5.91 Å². The number of phenolic OH excluding ortho intramolecular Hbond substituents is 1. The average molecular weight is 472 g/mol. The maximum absolute atomic E-state index is 12.7. The van der Waals surface area contributed by atoms with Crippen molar-refractivity contribution in [3.63, 3.8) is 0 Å². The lowest BCUT2D eigenvalue weighted by Gasteiger charge is -2.27. The lowest BCUT2D eigenvalue weighted by molar-refractivity contribution is 0.0935. The van der Waals surface area contributed by atoms with Gasteiger partial charge in [-0.2, -0.15) is 0 Å². The molecule has 4 rings (SSSR count). The number of nitrogens with one attached hydrogen (secondary N) is 2. The summed E-state index contributed by atoms with van der Waals surface area (Å²) in [5, 5.41) is 17.6. The molecule has 1 aliphatic carbocycles. The SMILES string of the molecule is C[C@H]1CCc2c(sc3c2C(=O)N[C@@H](c2cc(Br)cc(Br)c2O)N3)C1. The van der Waals surface area contributed by atoms with Crippen molar-refractivity contribution < 1.29 is 9.90 Å². The molecule has 0 saturated heterocycles. The second kappa shape index (κ2) is 6.04. The molecule has 2 aromatic rings. The van der Waals surface area contributed by atoms with Crippen molar-refractivity contribution in [3.8, 4) is 5.75 Å². The van der Waals surface area contributed by atoms with E-state index in [0.717, 1.165) is 34.3 Å². The normalized spacial score (nSPS) is 22.4. The zero-order chi connectivity index (χ0) is 17.0. The minimum Gasteiger partial charge on any atom is -0.506 e. The van der Waals surface area contributed by atoms with E-state index in [-0.39, 0.29) is 11.7 Å². The van der Waals surface area contributed by atoms with Crippen LogP contribution in [0.25, 0.3) is 0 Å². The van der Waals surface area contributed by atoms with E-state index in [1.165, 1.54) is 10.4 Å². The van der Waals surface area contributed by atoms with Crippen LogP contribution in [0.4, 0.5) is 5.00 Å². The molecule has 3 N–H and O–H groups in total. The fourth-order valence-electron chi connectivity index (χ4n) is 3.42. The fraction of sp³-hybridized carbons (Fsp3) is 0.353. The lowest BCUT2D eigenvalue weighted by Crippen LogP contribution is -2.38. The minimum absolute atomic E-state index is 0.0590. The highest BCUT2D eigenvalue weighted by molar-refractivity contribution is 9.11. The van der Waals surface area contributed by atoms with Crippen LogP contribution in [0.1, 0.15) is 45.9 Å². The zero-order valence-electron chi connectivity index (χ0n) is 13.0. The second-order valence-electron chi connectivity index (χ2n) is 6.43. The van der Waals surface area contributed by atoms with Crippen molar-refractivity contribution in [3.05, 3.63) is 42.6 Å². The predicted octanol–water partition coefficient (Wildman–Crippen LogP) is 4.96. The second-order valence-corrected chi connectivity index (χ2v) is 9.31. The van der Waals surface area contributed by atoms with Crippen LogP contribution < -0.4 is 10.6 Å². The maximum atomic E-state index is 12.7. The molecule has 0 unspecified atom stereocenters. The van der Waals surface area contributed by atoms with Crippen LogP contribution in [0.15, 0.2) is 21.1 Å². The van der Waals surface area contributed by atoms with Gasteiger partial charge in [0.05, 0.1) is 10.0 Å². The number of thiophene rings is 1. The molecule has 24 heavy (non-hydrogen) atoms. The van der Waals surface area contributed by atoms with Crippen LogP contribution in [0.3, 0.4) is 0 Å². The van der Waals surface area contributed by atoms with Crippen molar-refractivity contribution in [2.45, 2.75) is 32.4 Å². The Bertz CT molecular complexity index is 850. The molecule has 2 aliphatic rings. The van der Waals surface area contributed by atoms with Crippen molar-refractivity contribution in [1.29, 1.82) is 0 Å². The first-order chi connectivity index (χ1) is 11.4. The molecule has 126 valence electrons. The van der Waals surface area contributed by atoms with Crippen molar-refractivity contribution in [2.75, 3.05) is 5.32 Å². The lowest BCUT2D eigenvalue weighted by atomic mass is 9.88. The Morgan fingerprint density at radius 3 is 2.88 bits per heavy atom. The Kier molecular flexibility index (Phi) is 4.13. The fourth-order valence-corrected chi connectivity index (χ4v) is 6.12. The molecule has 1 aliphatic heterocycles. The van der Waals surface area contributed by atoms with E-state index in [1.807, 2.05) is 6.07 Å². The smallest absolute Gasteiger partial charge is 0.256 e. The van der Waals surface area contributed by atoms with Crippen LogP contribution in [-0.2, 0) is 12.8 Å². The summed E-state index contributed by atoms with van der Waals surface area (Å²) in [4.78, 5) is 14.0. The van der Waals surface area contributed by atoms with Gasteiger partial charge in [-0.3, -0.25) is 4.79 Å². The van der Waals surface area contributed by atoms with E-state index >= 15 is 0 Å². The number of benzene rings is 1. The molecular weight excluding hydrogens is 456 g/mol. The number of fused-ring (bicyclic) bond motifs is 3. The largest absolute Gasteiger partial charge is 0.506 e. The van der Waals surface area contributed by atoms with E-state index in [4.69, 9.17) is 0 Å². The van der Waals surface area contributed by atoms with Crippen molar-refractivity contribution in [2.24, 2.45) is 5.92 Å². The van der Waals surface area contributed by atoms with E-state index in [0.29, 0.717) is 16.0 Å². The third-order valence-corrected chi connectivity index (χ3v) is 6.91. The topological polar surface area (TPSA) is 61.4 Å². The molecular formula is C17H16Br2N2O2S. The first-order valence-corrected chi connectivity index (χ1v) is 10.2. The van der Waals surface area contributed by atoms with Gasteiger partial charge in [-0.15, -0.1) is 11.3 Å². The van der Waals surface area contributed by atoms with Crippen LogP contribution in [-0.4, -0.2) is 11.0 Å². The highest BCUT2D eigenvalue weighted by atomic mass is 79.9. The Labute approximate surface area is 160 Å². The third-order valence-electron chi connectivity index (χ3n) is 4.66. The Morgan fingerprint density at radius 1 is 1.29 bits per heavy atom. The quantitative estimate of drug-likeness (QED) is 0.550. The summed E-state index contributed by atoms with van der Waals surface area (Å²) in [5.74, 6) is 0.743. The molecule has 0 saturated carbocycles. The molecule has 2 atom stereocenters. The van der Waals surface area contributed by atoms with E-state index < -0.39 is 6.17 Å². The van der Waals surface area contributed by atoms with Gasteiger partial charge in [0.2, 0.25) is 0 Å². The van der Waals surface area contributed by atoms with Gasteiger partial charge in [-0.05, 0) is 58.8 Å². The van der Waals surface area contributed by atoms with Gasteiger partial charge >= 0.3 is 0 Å². The monoisotopic (exact) mass is 470 g/mol. The molecule has 2 heterocycles. The van der Waals surface area contributed by atoms with Crippen LogP contribution in [0.5, 0.6) is 5.75 Å². The van der Waals surface area contributed by atoms with Gasteiger partial charge in [-0.1, -0.05) is 22.9 Å². The van der Waals surface area contributed by atoms with E-state index in [1.54, 1.807) is 17.4 Å². The molecule has 0 fully saturated rings. The van der Waals surface area contributed by atoms with Crippen molar-refractivity contribution >= 4 is 54.1 Å². The summed E-state index contributed by atoms with van der Waals surface area (Å²) in [7, 11) is 0. The number of phenols is 1. The summed E-state index contributed by atoms with van der Waals surface area (Å²) >= 11 is 8.46. The standard InChI is InChI=1S/C17H16Br2N2O2S/c1-7-2-3-9-12(4-7)24-17-13(9)16(23)20-15(21-17)10-5-8(18)6-11(19)14(10)22/h5-7,15,21-22H,2-4H2,1H3,(H,20,23)/t7-,15+/m0/s1. The number of carbonyl (C=O) groups is 1. The number of amides is 1. The van der Waals surface area contributed by atoms with Crippen LogP contribution in [0, 0.1) is 5.92 Å². The van der Waals surface area contributed by atoms with Crippen molar-refractivity contribution in [1.82, 2.24) is 5.32 Å². The summed E-state index contributed by atoms with van der Waals surface area (Å²) in [6, 6.07) is 3.60. The molecule has 0 radical (unpaired) electrons. The molecule has 1 amide bonds. The van der Waals surface area contributed by atoms with Gasteiger partial charge in [-0.25, -0.2) is 0 Å².